The van der Waals surface area contributed by atoms with Gasteiger partial charge in [-0.05, 0) is 23.8 Å². The molecule has 1 saturated heterocycles. The lowest BCUT2D eigenvalue weighted by Crippen LogP contribution is -2.52. The van der Waals surface area contributed by atoms with Crippen molar-refractivity contribution in [3.8, 4) is 11.5 Å². The summed E-state index contributed by atoms with van der Waals surface area (Å²) in [4.78, 5) is 25.7. The number of hydrogen-bond donors (Lipinski definition) is 2. The number of rotatable bonds is 4. The Kier molecular flexibility index (Phi) is 4.54. The van der Waals surface area contributed by atoms with Crippen molar-refractivity contribution in [3.63, 3.8) is 0 Å². The summed E-state index contributed by atoms with van der Waals surface area (Å²) < 4.78 is 25.4. The minimum absolute atomic E-state index is 0.0762. The molecule has 0 aliphatic carbocycles. The predicted molar refractivity (Wildman–Crippen MR) is 109 cm³/mol. The molecule has 7 nitrogen and oxygen atoms in total. The van der Waals surface area contributed by atoms with Crippen LogP contribution >= 0.6 is 0 Å². The zero-order valence-electron chi connectivity index (χ0n) is 16.1. The van der Waals surface area contributed by atoms with Crippen molar-refractivity contribution in [2.24, 2.45) is 5.92 Å². The van der Waals surface area contributed by atoms with Crippen LogP contribution < -0.4 is 20.1 Å². The zero-order chi connectivity index (χ0) is 20.7. The summed E-state index contributed by atoms with van der Waals surface area (Å²) in [6.07, 6.45) is 4.14. The van der Waals surface area contributed by atoms with Crippen LogP contribution in [0.5, 0.6) is 11.5 Å². The van der Waals surface area contributed by atoms with E-state index in [4.69, 9.17) is 9.47 Å². The molecule has 0 bridgehead atoms. The van der Waals surface area contributed by atoms with Crippen LogP contribution in [0.25, 0.3) is 6.08 Å². The number of nitrogens with one attached hydrogen (secondary N) is 2. The van der Waals surface area contributed by atoms with Gasteiger partial charge in [0.2, 0.25) is 0 Å². The van der Waals surface area contributed by atoms with Crippen LogP contribution in [0.3, 0.4) is 0 Å². The molecule has 2 N–H and O–H groups in total. The Bertz CT molecular complexity index is 1060. The number of fused-ring (bicyclic) bond motifs is 2. The van der Waals surface area contributed by atoms with E-state index in [1.54, 1.807) is 4.90 Å². The third-order valence-electron chi connectivity index (χ3n) is 5.40. The Hall–Kier alpha value is -3.55. The molecule has 5 rings (SSSR count). The van der Waals surface area contributed by atoms with E-state index in [1.165, 1.54) is 6.07 Å². The van der Waals surface area contributed by atoms with Crippen molar-refractivity contribution in [1.82, 2.24) is 4.90 Å². The second-order valence-corrected chi connectivity index (χ2v) is 7.58. The van der Waals surface area contributed by atoms with E-state index in [1.807, 2.05) is 18.2 Å². The van der Waals surface area contributed by atoms with Crippen LogP contribution in [0, 0.1) is 11.7 Å². The molecule has 3 aliphatic rings. The highest BCUT2D eigenvalue weighted by atomic mass is 19.1. The van der Waals surface area contributed by atoms with Crippen molar-refractivity contribution >= 4 is 29.3 Å². The van der Waals surface area contributed by atoms with Crippen molar-refractivity contribution in [2.45, 2.75) is 0 Å². The Morgan fingerprint density at radius 3 is 2.97 bits per heavy atom. The maximum Gasteiger partial charge on any atom is 0.262 e. The molecule has 8 heteroatoms. The smallest absolute Gasteiger partial charge is 0.262 e. The van der Waals surface area contributed by atoms with E-state index >= 15 is 0 Å². The summed E-state index contributed by atoms with van der Waals surface area (Å²) in [5, 5.41) is 5.89. The number of halogens is 1. The second-order valence-electron chi connectivity index (χ2n) is 7.58. The molecule has 0 spiro atoms. The predicted octanol–water partition coefficient (Wildman–Crippen LogP) is 2.75. The fourth-order valence-electron chi connectivity index (χ4n) is 3.77. The fraction of sp³-hybridized carbons (Fsp3) is 0.273. The Balaban J connectivity index is 1.18. The molecule has 0 unspecified atom stereocenters. The van der Waals surface area contributed by atoms with Gasteiger partial charge in [-0.25, -0.2) is 4.39 Å². The lowest BCUT2D eigenvalue weighted by molar-refractivity contribution is -0.118. The third-order valence-corrected chi connectivity index (χ3v) is 5.40. The van der Waals surface area contributed by atoms with E-state index < -0.39 is 11.7 Å². The van der Waals surface area contributed by atoms with Gasteiger partial charge in [-0.2, -0.15) is 0 Å². The Morgan fingerprint density at radius 1 is 1.23 bits per heavy atom. The van der Waals surface area contributed by atoms with Crippen molar-refractivity contribution in [2.75, 3.05) is 43.5 Å². The van der Waals surface area contributed by atoms with Crippen LogP contribution in [0.4, 0.5) is 15.8 Å². The summed E-state index contributed by atoms with van der Waals surface area (Å²) >= 11 is 0. The number of carbonyl (C=O) groups excluding carboxylic acids is 2. The van der Waals surface area contributed by atoms with Gasteiger partial charge in [-0.3, -0.25) is 9.59 Å². The molecule has 0 saturated carbocycles. The molecule has 1 fully saturated rings. The van der Waals surface area contributed by atoms with Crippen molar-refractivity contribution in [1.29, 1.82) is 0 Å². The highest BCUT2D eigenvalue weighted by Gasteiger charge is 2.34. The van der Waals surface area contributed by atoms with Gasteiger partial charge >= 0.3 is 0 Å². The molecule has 3 heterocycles. The number of ether oxygens (including phenoxy) is 2. The van der Waals surface area contributed by atoms with E-state index in [0.29, 0.717) is 25.4 Å². The first kappa shape index (κ1) is 18.5. The number of likely N-dealkylation sites (tertiary alicyclic amines) is 1. The monoisotopic (exact) mass is 409 g/mol. The molecule has 0 radical (unpaired) electrons. The minimum Gasteiger partial charge on any atom is -0.493 e. The van der Waals surface area contributed by atoms with Gasteiger partial charge in [0, 0.05) is 43.4 Å². The highest BCUT2D eigenvalue weighted by molar-refractivity contribution is 6.00. The second kappa shape index (κ2) is 7.37. The first-order valence-corrected chi connectivity index (χ1v) is 9.79. The summed E-state index contributed by atoms with van der Waals surface area (Å²) in [7, 11) is 0. The number of carbonyl (C=O) groups is 2. The van der Waals surface area contributed by atoms with Crippen LogP contribution in [-0.4, -0.2) is 49.6 Å². The lowest BCUT2D eigenvalue weighted by atomic mass is 9.99. The molecule has 2 aromatic carbocycles. The van der Waals surface area contributed by atoms with E-state index in [9.17, 15) is 14.0 Å². The molecule has 0 atom stereocenters. The standard InChI is InChI=1S/C22H20FN3O4/c23-17-8-20-19(25-21(27)12-30-20)7-16(17)22(28)26-9-13(10-26)11-29-15-4-3-14-2-1-5-24-18(14)6-15/h1-4,6-8,13,24H,5,9-12H2,(H,25,27). The van der Waals surface area contributed by atoms with E-state index in [-0.39, 0.29) is 29.7 Å². The first-order chi connectivity index (χ1) is 14.6. The number of benzene rings is 2. The van der Waals surface area contributed by atoms with Crippen LogP contribution in [0.15, 0.2) is 36.4 Å². The first-order valence-electron chi connectivity index (χ1n) is 9.79. The Labute approximate surface area is 172 Å². The molecule has 3 aliphatic heterocycles. The van der Waals surface area contributed by atoms with Gasteiger partial charge < -0.3 is 25.0 Å². The van der Waals surface area contributed by atoms with Crippen LogP contribution in [-0.2, 0) is 4.79 Å². The summed E-state index contributed by atoms with van der Waals surface area (Å²) in [5.41, 5.74) is 2.40. The van der Waals surface area contributed by atoms with Crippen LogP contribution in [0.2, 0.25) is 0 Å². The molecule has 0 aromatic heterocycles. The summed E-state index contributed by atoms with van der Waals surface area (Å²) in [6, 6.07) is 8.38. The number of amides is 2. The molecule has 154 valence electrons. The van der Waals surface area contributed by atoms with E-state index in [0.717, 1.165) is 29.6 Å². The molecule has 2 amide bonds. The molecular formula is C22H20FN3O4. The Morgan fingerprint density at radius 2 is 2.10 bits per heavy atom. The SMILES string of the molecule is O=C1COc2cc(F)c(C(=O)N3CC(COc4ccc5c(c4)NCC=C5)C3)cc2N1. The summed E-state index contributed by atoms with van der Waals surface area (Å²) in [5.74, 6) is -0.212. The summed E-state index contributed by atoms with van der Waals surface area (Å²) in [6.45, 7) is 2.10. The lowest BCUT2D eigenvalue weighted by Gasteiger charge is -2.39. The highest BCUT2D eigenvalue weighted by Crippen LogP contribution is 2.32. The van der Waals surface area contributed by atoms with E-state index in [2.05, 4.69) is 22.8 Å². The third kappa shape index (κ3) is 3.45. The normalized spacial score (nSPS) is 17.1. The van der Waals surface area contributed by atoms with Gasteiger partial charge in [0.15, 0.2) is 6.61 Å². The maximum atomic E-state index is 14.4. The molecule has 30 heavy (non-hydrogen) atoms. The largest absolute Gasteiger partial charge is 0.493 e. The van der Waals surface area contributed by atoms with Crippen molar-refractivity contribution in [3.05, 3.63) is 53.4 Å². The quantitative estimate of drug-likeness (QED) is 0.812. The van der Waals surface area contributed by atoms with Gasteiger partial charge in [-0.1, -0.05) is 12.2 Å². The average Bonchev–Trinajstić information content (AvgIpc) is 2.72. The average molecular weight is 409 g/mol. The number of nitrogens with zero attached hydrogens (tertiary/aromatic N) is 1. The van der Waals surface area contributed by atoms with Gasteiger partial charge in [0.1, 0.15) is 17.3 Å². The topological polar surface area (TPSA) is 79.9 Å². The maximum absolute atomic E-state index is 14.4. The fourth-order valence-corrected chi connectivity index (χ4v) is 3.77. The molecule has 2 aromatic rings. The van der Waals surface area contributed by atoms with Gasteiger partial charge in [0.25, 0.3) is 11.8 Å². The number of anilines is 2. The molecular weight excluding hydrogens is 389 g/mol. The van der Waals surface area contributed by atoms with Crippen LogP contribution in [0.1, 0.15) is 15.9 Å². The van der Waals surface area contributed by atoms with Crippen molar-refractivity contribution < 1.29 is 23.5 Å². The van der Waals surface area contributed by atoms with Gasteiger partial charge in [0.05, 0.1) is 17.9 Å². The zero-order valence-corrected chi connectivity index (χ0v) is 16.1. The minimum atomic E-state index is -0.662. The van der Waals surface area contributed by atoms with Gasteiger partial charge in [-0.15, -0.1) is 0 Å². The number of hydrogen-bond acceptors (Lipinski definition) is 5.